The van der Waals surface area contributed by atoms with Crippen molar-refractivity contribution < 1.29 is 4.79 Å². The van der Waals surface area contributed by atoms with Gasteiger partial charge in [0.25, 0.3) is 0 Å². The zero-order valence-electron chi connectivity index (χ0n) is 9.76. The molecule has 1 aliphatic rings. The second-order valence-corrected chi connectivity index (χ2v) is 5.39. The molecule has 88 valence electrons. The van der Waals surface area contributed by atoms with Gasteiger partial charge < -0.3 is 4.79 Å². The first-order valence-corrected chi connectivity index (χ1v) is 7.17. The summed E-state index contributed by atoms with van der Waals surface area (Å²) in [5.74, 6) is 1.08. The van der Waals surface area contributed by atoms with Crippen LogP contribution in [0, 0.1) is 0 Å². The van der Waals surface area contributed by atoms with E-state index < -0.39 is 0 Å². The van der Waals surface area contributed by atoms with Crippen molar-refractivity contribution in [1.82, 2.24) is 4.72 Å². The van der Waals surface area contributed by atoms with Crippen molar-refractivity contribution in [2.75, 3.05) is 5.75 Å². The quantitative estimate of drug-likeness (QED) is 0.393. The van der Waals surface area contributed by atoms with Crippen LogP contribution < -0.4 is 4.72 Å². The number of unbranched alkanes of at least 4 members (excludes halogenated alkanes) is 5. The van der Waals surface area contributed by atoms with E-state index in [1.165, 1.54) is 38.5 Å². The van der Waals surface area contributed by atoms with Crippen molar-refractivity contribution in [2.24, 2.45) is 0 Å². The van der Waals surface area contributed by atoms with Crippen molar-refractivity contribution in [2.45, 2.75) is 63.8 Å². The third-order valence-corrected chi connectivity index (χ3v) is 4.09. The summed E-state index contributed by atoms with van der Waals surface area (Å²) in [5.41, 5.74) is -0.185. The molecule has 0 aromatic rings. The normalized spacial score (nSPS) is 25.7. The molecule has 2 nitrogen and oxygen atoms in total. The van der Waals surface area contributed by atoms with Crippen molar-refractivity contribution in [3.8, 4) is 0 Å². The highest BCUT2D eigenvalue weighted by Gasteiger charge is 2.32. The van der Waals surface area contributed by atoms with Crippen molar-refractivity contribution in [3.63, 3.8) is 0 Å². The summed E-state index contributed by atoms with van der Waals surface area (Å²) < 4.78 is 3.27. The molecule has 0 spiro atoms. The lowest BCUT2D eigenvalue weighted by Crippen LogP contribution is -2.38. The molecule has 0 aromatic heterocycles. The minimum atomic E-state index is -0.185. The molecule has 1 fully saturated rings. The van der Waals surface area contributed by atoms with E-state index in [4.69, 9.17) is 0 Å². The Balaban J connectivity index is 2.05. The average Bonchev–Trinajstić information content (AvgIpc) is 2.73. The average molecular weight is 229 g/mol. The molecule has 0 amide bonds. The molecule has 1 heterocycles. The zero-order chi connectivity index (χ0) is 11.0. The van der Waals surface area contributed by atoms with Crippen molar-refractivity contribution in [1.29, 1.82) is 0 Å². The third-order valence-electron chi connectivity index (χ3n) is 3.13. The summed E-state index contributed by atoms with van der Waals surface area (Å²) in [6, 6.07) is 0. The van der Waals surface area contributed by atoms with Crippen LogP contribution in [0.5, 0.6) is 0 Å². The Hall–Kier alpha value is -0.0200. The SMILES string of the molecule is CCCCCCCCC1(C=O)CCSN1. The fourth-order valence-electron chi connectivity index (χ4n) is 2.02. The molecule has 1 atom stereocenters. The first kappa shape index (κ1) is 13.0. The maximum absolute atomic E-state index is 11.0. The molecular formula is C12H23NOS. The highest BCUT2D eigenvalue weighted by molar-refractivity contribution is 7.97. The van der Waals surface area contributed by atoms with Crippen LogP contribution in [0.2, 0.25) is 0 Å². The molecule has 0 aliphatic carbocycles. The fraction of sp³-hybridized carbons (Fsp3) is 0.917. The molecule has 1 unspecified atom stereocenters. The Morgan fingerprint density at radius 3 is 2.60 bits per heavy atom. The van der Waals surface area contributed by atoms with Crippen LogP contribution in [-0.4, -0.2) is 17.6 Å². The van der Waals surface area contributed by atoms with E-state index in [0.717, 1.165) is 24.9 Å². The molecule has 3 heteroatoms. The summed E-state index contributed by atoms with van der Waals surface area (Å²) in [6.45, 7) is 2.24. The van der Waals surface area contributed by atoms with Crippen LogP contribution in [-0.2, 0) is 4.79 Å². The van der Waals surface area contributed by atoms with E-state index >= 15 is 0 Å². The summed E-state index contributed by atoms with van der Waals surface area (Å²) in [7, 11) is 0. The molecule has 0 saturated carbocycles. The second kappa shape index (κ2) is 7.29. The summed E-state index contributed by atoms with van der Waals surface area (Å²) in [4.78, 5) is 11.0. The second-order valence-electron chi connectivity index (χ2n) is 4.49. The summed E-state index contributed by atoms with van der Waals surface area (Å²) >= 11 is 1.70. The van der Waals surface area contributed by atoms with Gasteiger partial charge in [-0.3, -0.25) is 4.72 Å². The molecule has 1 saturated heterocycles. The molecular weight excluding hydrogens is 206 g/mol. The molecule has 0 aromatic carbocycles. The van der Waals surface area contributed by atoms with Crippen molar-refractivity contribution in [3.05, 3.63) is 0 Å². The maximum atomic E-state index is 11.0. The summed E-state index contributed by atoms with van der Waals surface area (Å²) in [5, 5.41) is 0. The first-order valence-electron chi connectivity index (χ1n) is 6.18. The van der Waals surface area contributed by atoms with Crippen LogP contribution in [0.3, 0.4) is 0 Å². The van der Waals surface area contributed by atoms with Crippen LogP contribution >= 0.6 is 11.9 Å². The number of aldehydes is 1. The van der Waals surface area contributed by atoms with Crippen LogP contribution in [0.25, 0.3) is 0 Å². The van der Waals surface area contributed by atoms with E-state index in [0.29, 0.717) is 0 Å². The topological polar surface area (TPSA) is 29.1 Å². The molecule has 15 heavy (non-hydrogen) atoms. The van der Waals surface area contributed by atoms with Gasteiger partial charge in [0.2, 0.25) is 0 Å². The Labute approximate surface area is 97.7 Å². The minimum absolute atomic E-state index is 0.185. The maximum Gasteiger partial charge on any atom is 0.140 e. The van der Waals surface area contributed by atoms with Gasteiger partial charge in [-0.15, -0.1) is 0 Å². The zero-order valence-corrected chi connectivity index (χ0v) is 10.6. The van der Waals surface area contributed by atoms with E-state index in [9.17, 15) is 4.79 Å². The summed E-state index contributed by atoms with van der Waals surface area (Å²) in [6.07, 6.45) is 11.0. The highest BCUT2D eigenvalue weighted by atomic mass is 32.2. The molecule has 1 rings (SSSR count). The van der Waals surface area contributed by atoms with E-state index in [-0.39, 0.29) is 5.54 Å². The van der Waals surface area contributed by atoms with Crippen LogP contribution in [0.1, 0.15) is 58.3 Å². The Kier molecular flexibility index (Phi) is 6.34. The van der Waals surface area contributed by atoms with Gasteiger partial charge in [-0.2, -0.15) is 0 Å². The van der Waals surface area contributed by atoms with Gasteiger partial charge in [0.05, 0.1) is 5.54 Å². The number of hydrogen-bond donors (Lipinski definition) is 1. The van der Waals surface area contributed by atoms with Crippen molar-refractivity contribution >= 4 is 18.2 Å². The number of carbonyl (C=O) groups is 1. The van der Waals surface area contributed by atoms with Crippen LogP contribution in [0.15, 0.2) is 0 Å². The van der Waals surface area contributed by atoms with Gasteiger partial charge >= 0.3 is 0 Å². The fourth-order valence-corrected chi connectivity index (χ4v) is 3.13. The first-order chi connectivity index (χ1) is 7.33. The van der Waals surface area contributed by atoms with Gasteiger partial charge in [-0.25, -0.2) is 0 Å². The monoisotopic (exact) mass is 229 g/mol. The van der Waals surface area contributed by atoms with Crippen LogP contribution in [0.4, 0.5) is 0 Å². The Morgan fingerprint density at radius 2 is 2.00 bits per heavy atom. The lowest BCUT2D eigenvalue weighted by atomic mass is 9.92. The lowest BCUT2D eigenvalue weighted by molar-refractivity contribution is -0.112. The largest absolute Gasteiger partial charge is 0.301 e. The molecule has 0 radical (unpaired) electrons. The van der Waals surface area contributed by atoms with Gasteiger partial charge in [-0.05, 0) is 12.8 Å². The number of hydrogen-bond acceptors (Lipinski definition) is 3. The van der Waals surface area contributed by atoms with Gasteiger partial charge in [0.15, 0.2) is 0 Å². The standard InChI is InChI=1S/C12H23NOS/c1-2-3-4-5-6-7-8-12(11-14)9-10-15-13-12/h11,13H,2-10H2,1H3. The van der Waals surface area contributed by atoms with Gasteiger partial charge in [-0.1, -0.05) is 57.4 Å². The predicted octanol–water partition coefficient (Wildman–Crippen LogP) is 3.32. The number of nitrogens with one attached hydrogen (secondary N) is 1. The van der Waals surface area contributed by atoms with Gasteiger partial charge in [0.1, 0.15) is 6.29 Å². The smallest absolute Gasteiger partial charge is 0.140 e. The molecule has 1 aliphatic heterocycles. The highest BCUT2D eigenvalue weighted by Crippen LogP contribution is 2.27. The number of carbonyl (C=O) groups excluding carboxylic acids is 1. The minimum Gasteiger partial charge on any atom is -0.301 e. The lowest BCUT2D eigenvalue weighted by Gasteiger charge is -2.21. The molecule has 1 N–H and O–H groups in total. The third kappa shape index (κ3) is 4.56. The Bertz CT molecular complexity index is 178. The van der Waals surface area contributed by atoms with Gasteiger partial charge in [0, 0.05) is 5.75 Å². The van der Waals surface area contributed by atoms with E-state index in [2.05, 4.69) is 11.6 Å². The number of rotatable bonds is 8. The van der Waals surface area contributed by atoms with E-state index in [1.54, 1.807) is 11.9 Å². The Morgan fingerprint density at radius 1 is 1.27 bits per heavy atom. The predicted molar refractivity (Wildman–Crippen MR) is 67.0 cm³/mol. The molecule has 0 bridgehead atoms. The van der Waals surface area contributed by atoms with E-state index in [1.807, 2.05) is 0 Å².